The number of hydrogen-bond acceptors (Lipinski definition) is 2. The van der Waals surface area contributed by atoms with Gasteiger partial charge in [0.2, 0.25) is 0 Å². The van der Waals surface area contributed by atoms with E-state index in [1.165, 1.54) is 0 Å². The maximum absolute atomic E-state index is 11.9. The molecule has 0 fully saturated rings. The molecule has 0 spiro atoms. The number of H-pyrrole nitrogens is 1. The van der Waals surface area contributed by atoms with Crippen molar-refractivity contribution in [2.75, 3.05) is 0 Å². The molecule has 120 valence electrons. The van der Waals surface area contributed by atoms with Gasteiger partial charge in [0.15, 0.2) is 0 Å². The van der Waals surface area contributed by atoms with Crippen LogP contribution in [0.2, 0.25) is 19.6 Å². The van der Waals surface area contributed by atoms with E-state index in [2.05, 4.69) is 21.8 Å². The number of carbonyl (C=O) groups is 2. The molecule has 0 aliphatic rings. The number of para-hydroxylation sites is 1. The molecule has 6 heteroatoms. The van der Waals surface area contributed by atoms with Crippen molar-refractivity contribution in [1.29, 1.82) is 0 Å². The molecule has 5 nitrogen and oxygen atoms in total. The fourth-order valence-corrected chi connectivity index (χ4v) is 2.65. The maximum atomic E-state index is 11.9. The molecule has 0 radical (unpaired) electrons. The van der Waals surface area contributed by atoms with Crippen LogP contribution in [0.25, 0.3) is 10.9 Å². The Morgan fingerprint density at radius 1 is 1.30 bits per heavy atom. The van der Waals surface area contributed by atoms with Crippen molar-refractivity contribution < 1.29 is 14.7 Å². The van der Waals surface area contributed by atoms with Gasteiger partial charge in [-0.05, 0) is 17.6 Å². The van der Waals surface area contributed by atoms with Crippen LogP contribution < -0.4 is 5.32 Å². The van der Waals surface area contributed by atoms with Crippen LogP contribution in [0.3, 0.4) is 0 Å². The number of amides is 1. The highest BCUT2D eigenvalue weighted by Crippen LogP contribution is 2.19. The highest BCUT2D eigenvalue weighted by molar-refractivity contribution is 6.84. The molecule has 3 N–H and O–H groups in total. The molecule has 0 aliphatic carbocycles. The van der Waals surface area contributed by atoms with Crippen molar-refractivity contribution in [3.05, 3.63) is 36.0 Å². The van der Waals surface area contributed by atoms with Gasteiger partial charge < -0.3 is 15.4 Å². The standard InChI is InChI=1S/C17H20N2O3Si/c1-23(2,3)9-8-16(20)19-15(17(21)22)10-12-11-18-14-7-5-4-6-13(12)14/h4-7,11,15,18H,10H2,1-3H3,(H,19,20)(H,21,22). The summed E-state index contributed by atoms with van der Waals surface area (Å²) in [6.45, 7) is 6.07. The van der Waals surface area contributed by atoms with Gasteiger partial charge in [-0.15, -0.1) is 5.54 Å². The minimum absolute atomic E-state index is 0.208. The molecule has 23 heavy (non-hydrogen) atoms. The number of aromatic amines is 1. The van der Waals surface area contributed by atoms with Crippen LogP contribution >= 0.6 is 0 Å². The summed E-state index contributed by atoms with van der Waals surface area (Å²) in [4.78, 5) is 26.4. The van der Waals surface area contributed by atoms with Gasteiger partial charge in [-0.3, -0.25) is 4.79 Å². The Morgan fingerprint density at radius 3 is 2.65 bits per heavy atom. The third-order valence-electron chi connectivity index (χ3n) is 3.25. The van der Waals surface area contributed by atoms with Gasteiger partial charge in [0, 0.05) is 23.5 Å². The quantitative estimate of drug-likeness (QED) is 0.594. The van der Waals surface area contributed by atoms with E-state index in [0.29, 0.717) is 0 Å². The normalized spacial score (nSPS) is 12.3. The van der Waals surface area contributed by atoms with E-state index in [4.69, 9.17) is 0 Å². The monoisotopic (exact) mass is 328 g/mol. The topological polar surface area (TPSA) is 82.2 Å². The zero-order chi connectivity index (χ0) is 17.0. The first kappa shape index (κ1) is 16.8. The van der Waals surface area contributed by atoms with Gasteiger partial charge >= 0.3 is 5.97 Å². The highest BCUT2D eigenvalue weighted by Gasteiger charge is 2.21. The third kappa shape index (κ3) is 4.73. The average Bonchev–Trinajstić information content (AvgIpc) is 2.87. The van der Waals surface area contributed by atoms with Gasteiger partial charge in [-0.25, -0.2) is 4.79 Å². The lowest BCUT2D eigenvalue weighted by molar-refractivity contribution is -0.141. The number of carboxylic acids is 1. The number of fused-ring (bicyclic) bond motifs is 1. The van der Waals surface area contributed by atoms with Crippen molar-refractivity contribution in [1.82, 2.24) is 10.3 Å². The van der Waals surface area contributed by atoms with Gasteiger partial charge in [-0.2, -0.15) is 0 Å². The Labute approximate surface area is 136 Å². The molecule has 1 aromatic heterocycles. The Hall–Kier alpha value is -2.52. The summed E-state index contributed by atoms with van der Waals surface area (Å²) >= 11 is 0. The summed E-state index contributed by atoms with van der Waals surface area (Å²) < 4.78 is 0. The van der Waals surface area contributed by atoms with E-state index in [0.717, 1.165) is 16.5 Å². The maximum Gasteiger partial charge on any atom is 0.326 e. The Balaban J connectivity index is 2.14. The molecule has 2 aromatic rings. The number of aromatic nitrogens is 1. The predicted octanol–water partition coefficient (Wildman–Crippen LogP) is 2.16. The molecule has 1 aromatic carbocycles. The second-order valence-electron chi connectivity index (χ2n) is 6.43. The van der Waals surface area contributed by atoms with Gasteiger partial charge in [0.1, 0.15) is 14.1 Å². The Kier molecular flexibility index (Phi) is 4.91. The number of rotatable bonds is 4. The molecule has 0 saturated carbocycles. The van der Waals surface area contributed by atoms with Crippen LogP contribution in [0.4, 0.5) is 0 Å². The van der Waals surface area contributed by atoms with Crippen LogP contribution in [-0.2, 0) is 16.0 Å². The van der Waals surface area contributed by atoms with Crippen LogP contribution in [0.15, 0.2) is 30.5 Å². The van der Waals surface area contributed by atoms with Crippen molar-refractivity contribution >= 4 is 30.9 Å². The van der Waals surface area contributed by atoms with E-state index in [9.17, 15) is 14.7 Å². The van der Waals surface area contributed by atoms with Crippen molar-refractivity contribution in [3.8, 4) is 11.5 Å². The summed E-state index contributed by atoms with van der Waals surface area (Å²) in [5.74, 6) is 0.902. The zero-order valence-electron chi connectivity index (χ0n) is 13.4. The second-order valence-corrected chi connectivity index (χ2v) is 11.2. The Morgan fingerprint density at radius 2 is 2.00 bits per heavy atom. The third-order valence-corrected chi connectivity index (χ3v) is 4.13. The minimum Gasteiger partial charge on any atom is -0.480 e. The Bertz CT molecular complexity index is 793. The molecule has 2 rings (SSSR count). The fourth-order valence-electron chi connectivity index (χ4n) is 2.16. The molecule has 1 unspecified atom stereocenters. The van der Waals surface area contributed by atoms with E-state index in [-0.39, 0.29) is 6.42 Å². The number of aliphatic carboxylic acids is 1. The number of carboxylic acid groups (broad SMARTS) is 1. The fraction of sp³-hybridized carbons (Fsp3) is 0.294. The first-order valence-electron chi connectivity index (χ1n) is 7.38. The van der Waals surface area contributed by atoms with Gasteiger partial charge in [-0.1, -0.05) is 37.8 Å². The first-order valence-corrected chi connectivity index (χ1v) is 10.9. The minimum atomic E-state index is -1.67. The van der Waals surface area contributed by atoms with Crippen LogP contribution in [-0.4, -0.2) is 36.1 Å². The predicted molar refractivity (Wildman–Crippen MR) is 92.7 cm³/mol. The van der Waals surface area contributed by atoms with E-state index in [1.807, 2.05) is 43.9 Å². The number of hydrogen-bond donors (Lipinski definition) is 3. The van der Waals surface area contributed by atoms with Crippen LogP contribution in [0.5, 0.6) is 0 Å². The second kappa shape index (κ2) is 6.71. The SMILES string of the molecule is C[Si](C)(C)C#CC(=O)NC(Cc1c[nH]c2ccccc12)C(=O)O. The lowest BCUT2D eigenvalue weighted by Gasteiger charge is -2.12. The summed E-state index contributed by atoms with van der Waals surface area (Å²) in [7, 11) is -1.67. The van der Waals surface area contributed by atoms with Gasteiger partial charge in [0.05, 0.1) is 0 Å². The summed E-state index contributed by atoms with van der Waals surface area (Å²) in [6.07, 6.45) is 1.99. The molecular formula is C17H20N2O3Si. The summed E-state index contributed by atoms with van der Waals surface area (Å²) in [5, 5.41) is 12.8. The largest absolute Gasteiger partial charge is 0.480 e. The summed E-state index contributed by atoms with van der Waals surface area (Å²) in [6, 6.07) is 6.65. The lowest BCUT2D eigenvalue weighted by Crippen LogP contribution is -2.42. The van der Waals surface area contributed by atoms with E-state index < -0.39 is 26.0 Å². The molecule has 0 saturated heterocycles. The highest BCUT2D eigenvalue weighted by atomic mass is 28.3. The van der Waals surface area contributed by atoms with Gasteiger partial charge in [0.25, 0.3) is 5.91 Å². The molecule has 1 heterocycles. The number of benzene rings is 1. The number of carbonyl (C=O) groups excluding carboxylic acids is 1. The molecule has 0 aliphatic heterocycles. The number of nitrogens with one attached hydrogen (secondary N) is 2. The molecule has 1 atom stereocenters. The summed E-state index contributed by atoms with van der Waals surface area (Å²) in [5.41, 5.74) is 4.73. The molecule has 0 bridgehead atoms. The smallest absolute Gasteiger partial charge is 0.326 e. The first-order chi connectivity index (χ1) is 10.8. The average molecular weight is 328 g/mol. The molecular weight excluding hydrogens is 308 g/mol. The zero-order valence-corrected chi connectivity index (χ0v) is 14.4. The van der Waals surface area contributed by atoms with Crippen LogP contribution in [0.1, 0.15) is 5.56 Å². The lowest BCUT2D eigenvalue weighted by atomic mass is 10.1. The van der Waals surface area contributed by atoms with Crippen molar-refractivity contribution in [3.63, 3.8) is 0 Å². The van der Waals surface area contributed by atoms with E-state index in [1.54, 1.807) is 6.20 Å². The molecule has 1 amide bonds. The van der Waals surface area contributed by atoms with Crippen molar-refractivity contribution in [2.45, 2.75) is 32.1 Å². The van der Waals surface area contributed by atoms with E-state index >= 15 is 0 Å². The van der Waals surface area contributed by atoms with Crippen molar-refractivity contribution in [2.24, 2.45) is 0 Å². The van der Waals surface area contributed by atoms with Crippen LogP contribution in [0, 0.1) is 11.5 Å².